The number of Topliss-reactive ketones (excluding diaryl/α,β-unsaturated/α-hetero) is 1. The lowest BCUT2D eigenvalue weighted by Crippen LogP contribution is -2.22. The maximum atomic E-state index is 12.0. The van der Waals surface area contributed by atoms with Gasteiger partial charge in [-0.2, -0.15) is 0 Å². The number of ketones is 1. The third-order valence-corrected chi connectivity index (χ3v) is 5.33. The maximum Gasteiger partial charge on any atom is 0.242 e. The van der Waals surface area contributed by atoms with Crippen LogP contribution >= 0.6 is 11.6 Å². The van der Waals surface area contributed by atoms with Gasteiger partial charge in [0.15, 0.2) is 5.78 Å². The lowest BCUT2D eigenvalue weighted by molar-refractivity contribution is 0.0948. The summed E-state index contributed by atoms with van der Waals surface area (Å²) in [5.74, 6) is -0.0155. The fourth-order valence-corrected chi connectivity index (χ4v) is 3.21. The van der Waals surface area contributed by atoms with Gasteiger partial charge in [0, 0.05) is 31.5 Å². The Hall–Kier alpha value is -0.910. The van der Waals surface area contributed by atoms with Crippen molar-refractivity contribution in [3.63, 3.8) is 0 Å². The van der Waals surface area contributed by atoms with E-state index >= 15 is 0 Å². The predicted molar refractivity (Wildman–Crippen MR) is 69.6 cm³/mol. The van der Waals surface area contributed by atoms with Crippen LogP contribution in [0.3, 0.4) is 0 Å². The van der Waals surface area contributed by atoms with Gasteiger partial charge in [-0.1, -0.05) is 6.07 Å². The first kappa shape index (κ1) is 13.5. The fourth-order valence-electron chi connectivity index (χ4n) is 2.04. The molecule has 4 nitrogen and oxygen atoms in total. The fraction of sp³-hybridized carbons (Fsp3) is 0.417. The van der Waals surface area contributed by atoms with E-state index in [0.717, 1.165) is 9.87 Å². The number of sulfonamides is 1. The molecule has 0 heterocycles. The zero-order chi connectivity index (χ0) is 13.5. The van der Waals surface area contributed by atoms with Crippen LogP contribution in [0.4, 0.5) is 0 Å². The Labute approximate surface area is 112 Å². The number of alkyl halides is 1. The van der Waals surface area contributed by atoms with Crippen molar-refractivity contribution in [2.45, 2.75) is 11.3 Å². The first-order chi connectivity index (χ1) is 8.37. The van der Waals surface area contributed by atoms with Crippen LogP contribution in [0.5, 0.6) is 0 Å². The van der Waals surface area contributed by atoms with Gasteiger partial charge < -0.3 is 0 Å². The van der Waals surface area contributed by atoms with Gasteiger partial charge in [-0.15, -0.1) is 11.6 Å². The van der Waals surface area contributed by atoms with Gasteiger partial charge in [0.05, 0.1) is 4.90 Å². The van der Waals surface area contributed by atoms with E-state index < -0.39 is 10.0 Å². The molecule has 0 aliphatic heterocycles. The Morgan fingerprint density at radius 3 is 2.61 bits per heavy atom. The molecule has 1 aliphatic carbocycles. The molecule has 1 aromatic carbocycles. The lowest BCUT2D eigenvalue weighted by atomic mass is 10.1. The van der Waals surface area contributed by atoms with Gasteiger partial charge in [-0.3, -0.25) is 4.79 Å². The monoisotopic (exact) mass is 287 g/mol. The largest absolute Gasteiger partial charge is 0.294 e. The molecule has 0 spiro atoms. The summed E-state index contributed by atoms with van der Waals surface area (Å²) in [7, 11) is -0.570. The molecule has 6 heteroatoms. The molecule has 1 unspecified atom stereocenters. The van der Waals surface area contributed by atoms with Crippen molar-refractivity contribution >= 4 is 27.4 Å². The van der Waals surface area contributed by atoms with Gasteiger partial charge in [0.2, 0.25) is 10.0 Å². The average Bonchev–Trinajstić information content (AvgIpc) is 2.65. The molecule has 1 atom stereocenters. The highest BCUT2D eigenvalue weighted by Crippen LogP contribution is 2.30. The van der Waals surface area contributed by atoms with Gasteiger partial charge in [0.1, 0.15) is 0 Å². The third kappa shape index (κ3) is 2.06. The number of hydrogen-bond acceptors (Lipinski definition) is 3. The quantitative estimate of drug-likeness (QED) is 0.792. The van der Waals surface area contributed by atoms with Crippen molar-refractivity contribution in [1.82, 2.24) is 4.31 Å². The Balaban J connectivity index is 2.48. The number of fused-ring (bicyclic) bond motifs is 1. The molecule has 0 aromatic heterocycles. The summed E-state index contributed by atoms with van der Waals surface area (Å²) in [6, 6.07) is 4.70. The Morgan fingerprint density at radius 1 is 1.39 bits per heavy atom. The van der Waals surface area contributed by atoms with Crippen molar-refractivity contribution in [2.75, 3.05) is 20.0 Å². The van der Waals surface area contributed by atoms with E-state index in [1.807, 2.05) is 0 Å². The first-order valence-electron chi connectivity index (χ1n) is 5.53. The van der Waals surface area contributed by atoms with E-state index in [1.54, 1.807) is 6.07 Å². The topological polar surface area (TPSA) is 54.5 Å². The molecule has 1 aromatic rings. The van der Waals surface area contributed by atoms with Crippen LogP contribution < -0.4 is 0 Å². The number of rotatable bonds is 3. The molecule has 98 valence electrons. The highest BCUT2D eigenvalue weighted by atomic mass is 35.5. The van der Waals surface area contributed by atoms with E-state index in [9.17, 15) is 13.2 Å². The van der Waals surface area contributed by atoms with Gasteiger partial charge in [0.25, 0.3) is 0 Å². The summed E-state index contributed by atoms with van der Waals surface area (Å²) in [5.41, 5.74) is 1.37. The zero-order valence-corrected chi connectivity index (χ0v) is 11.8. The van der Waals surface area contributed by atoms with E-state index in [4.69, 9.17) is 11.6 Å². The summed E-state index contributed by atoms with van der Waals surface area (Å²) < 4.78 is 25.1. The zero-order valence-electron chi connectivity index (χ0n) is 10.2. The van der Waals surface area contributed by atoms with Crippen LogP contribution in [-0.2, 0) is 16.4 Å². The standard InChI is InChI=1S/C12H14ClNO3S/c1-14(2)18(16,17)10-4-3-8-5-9(7-13)12(15)11(8)6-10/h3-4,6,9H,5,7H2,1-2H3. The third-order valence-electron chi connectivity index (χ3n) is 3.15. The van der Waals surface area contributed by atoms with Crippen LogP contribution in [0, 0.1) is 5.92 Å². The SMILES string of the molecule is CN(C)S(=O)(=O)c1ccc2c(c1)C(=O)C(CCl)C2. The second-order valence-corrected chi connectivity index (χ2v) is 6.99. The molecule has 0 N–H and O–H groups in total. The van der Waals surface area contributed by atoms with Crippen LogP contribution in [0.15, 0.2) is 23.1 Å². The van der Waals surface area contributed by atoms with Crippen molar-refractivity contribution in [1.29, 1.82) is 0 Å². The second kappa shape index (κ2) is 4.64. The minimum Gasteiger partial charge on any atom is -0.294 e. The number of nitrogens with zero attached hydrogens (tertiary/aromatic N) is 1. The highest BCUT2D eigenvalue weighted by molar-refractivity contribution is 7.89. The smallest absolute Gasteiger partial charge is 0.242 e. The normalized spacial score (nSPS) is 19.3. The molecule has 0 radical (unpaired) electrons. The molecule has 0 amide bonds. The Kier molecular flexibility index (Phi) is 3.49. The summed E-state index contributed by atoms with van der Waals surface area (Å²) in [6.45, 7) is 0. The van der Waals surface area contributed by atoms with E-state index in [0.29, 0.717) is 12.0 Å². The summed E-state index contributed by atoms with van der Waals surface area (Å²) in [4.78, 5) is 12.1. The highest BCUT2D eigenvalue weighted by Gasteiger charge is 2.31. The van der Waals surface area contributed by atoms with Gasteiger partial charge in [-0.05, 0) is 24.1 Å². The molecule has 0 saturated carbocycles. The Bertz CT molecular complexity index is 595. The van der Waals surface area contributed by atoms with E-state index in [1.165, 1.54) is 26.2 Å². The minimum absolute atomic E-state index is 0.0594. The first-order valence-corrected chi connectivity index (χ1v) is 7.51. The molecular weight excluding hydrogens is 274 g/mol. The summed E-state index contributed by atoms with van der Waals surface area (Å²) in [5, 5.41) is 0. The van der Waals surface area contributed by atoms with Crippen molar-refractivity contribution in [3.8, 4) is 0 Å². The van der Waals surface area contributed by atoms with Gasteiger partial charge >= 0.3 is 0 Å². The molecule has 18 heavy (non-hydrogen) atoms. The number of carbonyl (C=O) groups is 1. The number of hydrogen-bond donors (Lipinski definition) is 0. The van der Waals surface area contributed by atoms with Crippen LogP contribution in [0.25, 0.3) is 0 Å². The summed E-state index contributed by atoms with van der Waals surface area (Å²) in [6.07, 6.45) is 0.597. The minimum atomic E-state index is -3.50. The molecule has 0 saturated heterocycles. The van der Waals surface area contributed by atoms with E-state index in [2.05, 4.69) is 0 Å². The van der Waals surface area contributed by atoms with Crippen LogP contribution in [-0.4, -0.2) is 38.5 Å². The molecular formula is C12H14ClNO3S. The second-order valence-electron chi connectivity index (χ2n) is 4.53. The lowest BCUT2D eigenvalue weighted by Gasteiger charge is -2.11. The maximum absolute atomic E-state index is 12.0. The van der Waals surface area contributed by atoms with Crippen molar-refractivity contribution < 1.29 is 13.2 Å². The van der Waals surface area contributed by atoms with Gasteiger partial charge in [-0.25, -0.2) is 12.7 Å². The molecule has 0 fully saturated rings. The number of benzene rings is 1. The molecule has 0 bridgehead atoms. The Morgan fingerprint density at radius 2 is 2.06 bits per heavy atom. The number of halogens is 1. The number of carbonyl (C=O) groups excluding carboxylic acids is 1. The predicted octanol–water partition coefficient (Wildman–Crippen LogP) is 1.53. The van der Waals surface area contributed by atoms with Crippen LogP contribution in [0.2, 0.25) is 0 Å². The molecule has 1 aliphatic rings. The molecule has 2 rings (SSSR count). The van der Waals surface area contributed by atoms with Crippen molar-refractivity contribution in [2.24, 2.45) is 5.92 Å². The van der Waals surface area contributed by atoms with Crippen LogP contribution in [0.1, 0.15) is 15.9 Å². The van der Waals surface area contributed by atoms with Crippen molar-refractivity contribution in [3.05, 3.63) is 29.3 Å². The average molecular weight is 288 g/mol. The summed E-state index contributed by atoms with van der Waals surface area (Å²) >= 11 is 5.73. The van der Waals surface area contributed by atoms with E-state index in [-0.39, 0.29) is 22.5 Å².